The zero-order valence-electron chi connectivity index (χ0n) is 20.3. The molecule has 0 atom stereocenters. The van der Waals surface area contributed by atoms with Crippen LogP contribution in [0.25, 0.3) is 6.08 Å². The van der Waals surface area contributed by atoms with Gasteiger partial charge in [-0.1, -0.05) is 30.3 Å². The van der Waals surface area contributed by atoms with Gasteiger partial charge in [0.15, 0.2) is 5.76 Å². The molecule has 0 spiro atoms. The molecule has 0 fully saturated rings. The van der Waals surface area contributed by atoms with Gasteiger partial charge in [-0.05, 0) is 61.2 Å². The van der Waals surface area contributed by atoms with Crippen molar-refractivity contribution in [3.8, 4) is 23.0 Å². The third-order valence-electron chi connectivity index (χ3n) is 6.49. The Morgan fingerprint density at radius 3 is 2.66 bits per heavy atom. The van der Waals surface area contributed by atoms with Crippen LogP contribution < -0.4 is 18.9 Å². The zero-order valence-corrected chi connectivity index (χ0v) is 20.3. The molecule has 35 heavy (non-hydrogen) atoms. The summed E-state index contributed by atoms with van der Waals surface area (Å²) in [6, 6.07) is 17.9. The van der Waals surface area contributed by atoms with Gasteiger partial charge >= 0.3 is 0 Å². The van der Waals surface area contributed by atoms with Crippen LogP contribution in [0.2, 0.25) is 0 Å². The molecule has 3 aromatic rings. The molecule has 0 aromatic heterocycles. The third-order valence-corrected chi connectivity index (χ3v) is 6.49. The van der Waals surface area contributed by atoms with Crippen LogP contribution in [0.3, 0.4) is 0 Å². The second kappa shape index (κ2) is 9.84. The summed E-state index contributed by atoms with van der Waals surface area (Å²) in [6.07, 6.45) is 3.76. The molecule has 6 nitrogen and oxygen atoms in total. The van der Waals surface area contributed by atoms with E-state index in [-0.39, 0.29) is 11.5 Å². The highest BCUT2D eigenvalue weighted by Crippen LogP contribution is 2.44. The maximum atomic E-state index is 13.4. The normalized spacial score (nSPS) is 15.9. The largest absolute Gasteiger partial charge is 0.497 e. The van der Waals surface area contributed by atoms with E-state index in [0.29, 0.717) is 41.7 Å². The lowest BCUT2D eigenvalue weighted by Gasteiger charge is -2.30. The summed E-state index contributed by atoms with van der Waals surface area (Å²) < 4.78 is 23.1. The smallest absolute Gasteiger partial charge is 0.232 e. The van der Waals surface area contributed by atoms with Gasteiger partial charge in [0.2, 0.25) is 5.78 Å². The van der Waals surface area contributed by atoms with Gasteiger partial charge in [-0.2, -0.15) is 0 Å². The zero-order chi connectivity index (χ0) is 24.4. The first kappa shape index (κ1) is 23.0. The molecule has 2 aliphatic rings. The Morgan fingerprint density at radius 2 is 1.89 bits per heavy atom. The van der Waals surface area contributed by atoms with Crippen molar-refractivity contribution in [1.29, 1.82) is 0 Å². The lowest BCUT2D eigenvalue weighted by molar-refractivity contribution is 0.0928. The molecule has 0 amide bonds. The minimum Gasteiger partial charge on any atom is -0.497 e. The molecule has 0 N–H and O–H groups in total. The number of aryl methyl sites for hydroxylation is 2. The number of allylic oxidation sites excluding steroid dienone is 1. The van der Waals surface area contributed by atoms with Gasteiger partial charge in [0.05, 0.1) is 25.3 Å². The number of ketones is 1. The molecule has 0 bridgehead atoms. The number of nitrogens with zero attached hydrogens (tertiary/aromatic N) is 1. The monoisotopic (exact) mass is 471 g/mol. The van der Waals surface area contributed by atoms with E-state index in [2.05, 4.69) is 29.2 Å². The molecule has 2 heterocycles. The van der Waals surface area contributed by atoms with Crippen molar-refractivity contribution < 1.29 is 23.7 Å². The van der Waals surface area contributed by atoms with E-state index in [4.69, 9.17) is 18.9 Å². The summed E-state index contributed by atoms with van der Waals surface area (Å²) in [5.74, 6) is 2.83. The van der Waals surface area contributed by atoms with Gasteiger partial charge in [0, 0.05) is 18.7 Å². The van der Waals surface area contributed by atoms with E-state index in [9.17, 15) is 4.79 Å². The summed E-state index contributed by atoms with van der Waals surface area (Å²) in [5.41, 5.74) is 4.42. The molecule has 0 saturated carbocycles. The Bertz CT molecular complexity index is 1280. The molecule has 3 aromatic carbocycles. The Labute approximate surface area is 205 Å². The highest BCUT2D eigenvalue weighted by atomic mass is 16.5. The van der Waals surface area contributed by atoms with Gasteiger partial charge in [-0.15, -0.1) is 0 Å². The fourth-order valence-corrected chi connectivity index (χ4v) is 4.66. The Hall–Kier alpha value is -3.77. The van der Waals surface area contributed by atoms with Crippen LogP contribution in [0.15, 0.2) is 60.4 Å². The second-order valence-electron chi connectivity index (χ2n) is 8.84. The topological polar surface area (TPSA) is 57.2 Å². The molecule has 5 rings (SSSR count). The highest BCUT2D eigenvalue weighted by molar-refractivity contribution is 6.16. The average molecular weight is 472 g/mol. The summed E-state index contributed by atoms with van der Waals surface area (Å²) in [6.45, 7) is 4.02. The fraction of sp³-hybridized carbons (Fsp3) is 0.276. The predicted octanol–water partition coefficient (Wildman–Crippen LogP) is 5.41. The van der Waals surface area contributed by atoms with E-state index >= 15 is 0 Å². The number of Topliss-reactive ketones (excluding diaryl/α,β-unsaturated/α-hetero) is 1. The van der Waals surface area contributed by atoms with Crippen LogP contribution in [0.1, 0.15) is 39.0 Å². The van der Waals surface area contributed by atoms with E-state index in [1.807, 2.05) is 37.3 Å². The third kappa shape index (κ3) is 4.62. The van der Waals surface area contributed by atoms with Crippen molar-refractivity contribution in [2.24, 2.45) is 0 Å². The van der Waals surface area contributed by atoms with Crippen LogP contribution in [0, 0.1) is 6.92 Å². The summed E-state index contributed by atoms with van der Waals surface area (Å²) in [5, 5.41) is 0. The summed E-state index contributed by atoms with van der Waals surface area (Å²) in [4.78, 5) is 15.6. The summed E-state index contributed by atoms with van der Waals surface area (Å²) in [7, 11) is 3.20. The lowest BCUT2D eigenvalue weighted by Crippen LogP contribution is -2.33. The molecule has 2 aliphatic heterocycles. The minimum absolute atomic E-state index is 0.133. The number of hydrogen-bond acceptors (Lipinski definition) is 6. The molecular formula is C29H29NO5. The molecule has 0 saturated heterocycles. The number of fused-ring (bicyclic) bond motifs is 3. The van der Waals surface area contributed by atoms with Gasteiger partial charge in [0.25, 0.3) is 0 Å². The minimum atomic E-state index is -0.133. The van der Waals surface area contributed by atoms with Crippen molar-refractivity contribution in [2.75, 3.05) is 27.5 Å². The second-order valence-corrected chi connectivity index (χ2v) is 8.84. The molecular weight excluding hydrogens is 442 g/mol. The first-order chi connectivity index (χ1) is 17.1. The number of ether oxygens (including phenoxy) is 4. The number of hydrogen-bond donors (Lipinski definition) is 0. The maximum Gasteiger partial charge on any atom is 0.232 e. The SMILES string of the molecule is COc1ccc(OC)c(/C=C2\Oc3c4c(cc(C)c3C2=O)OCN(CCCc2ccccc2)C4)c1. The Morgan fingerprint density at radius 1 is 1.06 bits per heavy atom. The molecule has 0 radical (unpaired) electrons. The number of rotatable bonds is 7. The van der Waals surface area contributed by atoms with E-state index in [1.54, 1.807) is 20.3 Å². The number of carbonyl (C=O) groups is 1. The van der Waals surface area contributed by atoms with Crippen molar-refractivity contribution in [3.05, 3.63) is 88.2 Å². The molecule has 6 heteroatoms. The Balaban J connectivity index is 1.38. The average Bonchev–Trinajstić information content (AvgIpc) is 3.21. The Kier molecular flexibility index (Phi) is 6.47. The molecule has 180 valence electrons. The first-order valence-corrected chi connectivity index (χ1v) is 11.8. The van der Waals surface area contributed by atoms with E-state index in [0.717, 1.165) is 36.3 Å². The van der Waals surface area contributed by atoms with Crippen LogP contribution in [0.5, 0.6) is 23.0 Å². The number of carbonyl (C=O) groups excluding carboxylic acids is 1. The van der Waals surface area contributed by atoms with Crippen molar-refractivity contribution in [2.45, 2.75) is 26.3 Å². The van der Waals surface area contributed by atoms with Gasteiger partial charge < -0.3 is 18.9 Å². The summed E-state index contributed by atoms with van der Waals surface area (Å²) >= 11 is 0. The van der Waals surface area contributed by atoms with Gasteiger partial charge in [-0.3, -0.25) is 9.69 Å². The number of benzene rings is 3. The number of methoxy groups -OCH3 is 2. The van der Waals surface area contributed by atoms with E-state index < -0.39 is 0 Å². The molecule has 0 unspecified atom stereocenters. The maximum absolute atomic E-state index is 13.4. The van der Waals surface area contributed by atoms with E-state index in [1.165, 1.54) is 5.56 Å². The quantitative estimate of drug-likeness (QED) is 0.429. The lowest BCUT2D eigenvalue weighted by atomic mass is 9.98. The van der Waals surface area contributed by atoms with Crippen LogP contribution >= 0.6 is 0 Å². The van der Waals surface area contributed by atoms with Crippen molar-refractivity contribution in [1.82, 2.24) is 4.90 Å². The standard InChI is InChI=1S/C29H29NO5/c1-19-14-25-23(17-30(18-34-25)13-7-10-20-8-5-4-6-9-20)29-27(19)28(31)26(35-29)16-21-15-22(32-2)11-12-24(21)33-3/h4-6,8-9,11-12,14-16H,7,10,13,17-18H2,1-3H3/b26-16-. The van der Waals surface area contributed by atoms with Crippen molar-refractivity contribution in [3.63, 3.8) is 0 Å². The van der Waals surface area contributed by atoms with Gasteiger partial charge in [0.1, 0.15) is 29.7 Å². The molecule has 0 aliphatic carbocycles. The first-order valence-electron chi connectivity index (χ1n) is 11.8. The van der Waals surface area contributed by atoms with Crippen LogP contribution in [0.4, 0.5) is 0 Å². The fourth-order valence-electron chi connectivity index (χ4n) is 4.66. The van der Waals surface area contributed by atoms with Crippen LogP contribution in [-0.2, 0) is 13.0 Å². The predicted molar refractivity (Wildman–Crippen MR) is 134 cm³/mol. The highest BCUT2D eigenvalue weighted by Gasteiger charge is 2.35. The van der Waals surface area contributed by atoms with Crippen molar-refractivity contribution >= 4 is 11.9 Å². The van der Waals surface area contributed by atoms with Gasteiger partial charge in [-0.25, -0.2) is 0 Å². The van der Waals surface area contributed by atoms with Crippen LogP contribution in [-0.4, -0.2) is 38.2 Å².